The summed E-state index contributed by atoms with van der Waals surface area (Å²) in [4.78, 5) is 4.33. The van der Waals surface area contributed by atoms with E-state index in [9.17, 15) is 8.42 Å². The number of benzene rings is 1. The average molecular weight is 399 g/mol. The van der Waals surface area contributed by atoms with E-state index in [4.69, 9.17) is 10.3 Å². The maximum absolute atomic E-state index is 12.3. The number of nitrogens with one attached hydrogen (secondary N) is 1. The first kappa shape index (κ1) is 20.0. The highest BCUT2D eigenvalue weighted by atomic mass is 35.5. The van der Waals surface area contributed by atoms with Crippen molar-refractivity contribution < 1.29 is 12.9 Å². The zero-order valence-electron chi connectivity index (χ0n) is 14.2. The Morgan fingerprint density at radius 1 is 1.31 bits per heavy atom. The second kappa shape index (κ2) is 7.96. The van der Waals surface area contributed by atoms with Crippen molar-refractivity contribution >= 4 is 22.4 Å². The van der Waals surface area contributed by atoms with Gasteiger partial charge in [-0.1, -0.05) is 29.4 Å². The van der Waals surface area contributed by atoms with Crippen molar-refractivity contribution in [2.24, 2.45) is 12.8 Å². The first-order valence-corrected chi connectivity index (χ1v) is 9.01. The van der Waals surface area contributed by atoms with Gasteiger partial charge in [0.2, 0.25) is 21.7 Å². The Balaban J connectivity index is 0.00000243. The fourth-order valence-corrected chi connectivity index (χ4v) is 3.39. The van der Waals surface area contributed by atoms with Crippen LogP contribution in [0.4, 0.5) is 0 Å². The maximum Gasteiger partial charge on any atom is 0.244 e. The highest BCUT2D eigenvalue weighted by Crippen LogP contribution is 2.20. The van der Waals surface area contributed by atoms with Gasteiger partial charge in [0.25, 0.3) is 0 Å². The minimum atomic E-state index is -3.73. The zero-order chi connectivity index (χ0) is 18.0. The molecule has 140 valence electrons. The summed E-state index contributed by atoms with van der Waals surface area (Å²) in [5, 5.41) is 7.76. The third-order valence-electron chi connectivity index (χ3n) is 3.58. The van der Waals surface area contributed by atoms with Gasteiger partial charge in [0.15, 0.2) is 0 Å². The van der Waals surface area contributed by atoms with Crippen molar-refractivity contribution in [3.8, 4) is 11.4 Å². The topological polar surface area (TPSA) is 129 Å². The van der Waals surface area contributed by atoms with Crippen LogP contribution in [0.2, 0.25) is 0 Å². The van der Waals surface area contributed by atoms with Crippen LogP contribution in [0.1, 0.15) is 24.4 Å². The molecule has 0 aliphatic heterocycles. The monoisotopic (exact) mass is 398 g/mol. The molecule has 0 saturated heterocycles. The molecule has 1 unspecified atom stereocenters. The van der Waals surface area contributed by atoms with E-state index in [-0.39, 0.29) is 23.2 Å². The fraction of sp³-hybridized carbons (Fsp3) is 0.267. The number of sulfonamides is 1. The third kappa shape index (κ3) is 4.28. The lowest BCUT2D eigenvalue weighted by atomic mass is 10.1. The second-order valence-corrected chi connectivity index (χ2v) is 7.26. The van der Waals surface area contributed by atoms with E-state index in [0.717, 1.165) is 11.1 Å². The summed E-state index contributed by atoms with van der Waals surface area (Å²) in [6, 6.07) is 6.73. The average Bonchev–Trinajstić information content (AvgIpc) is 3.24. The highest BCUT2D eigenvalue weighted by molar-refractivity contribution is 7.89. The standard InChI is InChI=1S/C15H18N6O3S.ClH/c1-10(20-25(22,23)13-8-17-21(2)9-13)15-18-14(19-24-15)12-5-3-11(7-16)4-6-12;/h3-6,8-10,20H,7,16H2,1-2H3;1H. The summed E-state index contributed by atoms with van der Waals surface area (Å²) in [5.74, 6) is 0.552. The number of aromatic nitrogens is 4. The largest absolute Gasteiger partial charge is 0.337 e. The predicted octanol–water partition coefficient (Wildman–Crippen LogP) is 1.39. The number of halogens is 1. The molecule has 0 radical (unpaired) electrons. The number of hydrogen-bond acceptors (Lipinski definition) is 7. The molecule has 0 saturated carbocycles. The van der Waals surface area contributed by atoms with Gasteiger partial charge in [-0.2, -0.15) is 14.8 Å². The van der Waals surface area contributed by atoms with Crippen molar-refractivity contribution in [2.75, 3.05) is 0 Å². The molecule has 2 aromatic heterocycles. The van der Waals surface area contributed by atoms with Crippen molar-refractivity contribution in [1.29, 1.82) is 0 Å². The molecule has 3 N–H and O–H groups in total. The van der Waals surface area contributed by atoms with Crippen molar-refractivity contribution in [3.63, 3.8) is 0 Å². The summed E-state index contributed by atoms with van der Waals surface area (Å²) in [6.45, 7) is 2.08. The molecule has 3 aromatic rings. The van der Waals surface area contributed by atoms with Crippen LogP contribution in [0, 0.1) is 0 Å². The van der Waals surface area contributed by atoms with Crippen molar-refractivity contribution in [2.45, 2.75) is 24.4 Å². The minimum Gasteiger partial charge on any atom is -0.337 e. The van der Waals surface area contributed by atoms with Gasteiger partial charge in [-0.3, -0.25) is 4.68 Å². The second-order valence-electron chi connectivity index (χ2n) is 5.55. The molecule has 3 rings (SSSR count). The summed E-state index contributed by atoms with van der Waals surface area (Å²) in [7, 11) is -2.08. The van der Waals surface area contributed by atoms with Crippen molar-refractivity contribution in [3.05, 3.63) is 48.1 Å². The third-order valence-corrected chi connectivity index (χ3v) is 5.08. The lowest BCUT2D eigenvalue weighted by Crippen LogP contribution is -2.26. The molecule has 1 aromatic carbocycles. The van der Waals surface area contributed by atoms with Gasteiger partial charge < -0.3 is 10.3 Å². The van der Waals surface area contributed by atoms with E-state index in [1.807, 2.05) is 24.3 Å². The maximum atomic E-state index is 12.3. The smallest absolute Gasteiger partial charge is 0.244 e. The van der Waals surface area contributed by atoms with Crippen LogP contribution in [-0.4, -0.2) is 28.3 Å². The highest BCUT2D eigenvalue weighted by Gasteiger charge is 2.23. The lowest BCUT2D eigenvalue weighted by Gasteiger charge is -2.08. The van der Waals surface area contributed by atoms with E-state index in [1.54, 1.807) is 14.0 Å². The van der Waals surface area contributed by atoms with Gasteiger partial charge in [0.05, 0.1) is 12.2 Å². The summed E-state index contributed by atoms with van der Waals surface area (Å²) in [5.41, 5.74) is 7.32. The van der Waals surface area contributed by atoms with Crippen LogP contribution in [0.5, 0.6) is 0 Å². The summed E-state index contributed by atoms with van der Waals surface area (Å²) in [6.07, 6.45) is 2.68. The van der Waals surface area contributed by atoms with Crippen LogP contribution < -0.4 is 10.5 Å². The number of nitrogens with zero attached hydrogens (tertiary/aromatic N) is 4. The lowest BCUT2D eigenvalue weighted by molar-refractivity contribution is 0.354. The number of hydrogen-bond donors (Lipinski definition) is 2. The van der Waals surface area contributed by atoms with Gasteiger partial charge in [-0.25, -0.2) is 8.42 Å². The molecular formula is C15H19ClN6O3S. The molecule has 26 heavy (non-hydrogen) atoms. The molecule has 11 heteroatoms. The number of nitrogens with two attached hydrogens (primary N) is 1. The van der Waals surface area contributed by atoms with Crippen LogP contribution in [-0.2, 0) is 23.6 Å². The molecular weight excluding hydrogens is 380 g/mol. The molecule has 2 heterocycles. The Morgan fingerprint density at radius 3 is 2.58 bits per heavy atom. The van der Waals surface area contributed by atoms with E-state index in [2.05, 4.69) is 20.0 Å². The first-order valence-electron chi connectivity index (χ1n) is 7.53. The quantitative estimate of drug-likeness (QED) is 0.641. The number of rotatable bonds is 6. The van der Waals surface area contributed by atoms with Gasteiger partial charge >= 0.3 is 0 Å². The first-order chi connectivity index (χ1) is 11.9. The number of aryl methyl sites for hydroxylation is 1. The van der Waals surface area contributed by atoms with Crippen LogP contribution in [0.3, 0.4) is 0 Å². The molecule has 9 nitrogen and oxygen atoms in total. The van der Waals surface area contributed by atoms with Gasteiger partial charge in [-0.15, -0.1) is 12.4 Å². The summed E-state index contributed by atoms with van der Waals surface area (Å²) < 4.78 is 33.7. The molecule has 0 bridgehead atoms. The summed E-state index contributed by atoms with van der Waals surface area (Å²) >= 11 is 0. The molecule has 0 fully saturated rings. The Labute approximate surface area is 157 Å². The van der Waals surface area contributed by atoms with Crippen molar-refractivity contribution in [1.82, 2.24) is 24.6 Å². The van der Waals surface area contributed by atoms with E-state index in [1.165, 1.54) is 17.1 Å². The van der Waals surface area contributed by atoms with E-state index < -0.39 is 16.1 Å². The molecule has 0 spiro atoms. The molecule has 0 aliphatic carbocycles. The Bertz CT molecular complexity index is 967. The zero-order valence-corrected chi connectivity index (χ0v) is 15.8. The van der Waals surface area contributed by atoms with Crippen LogP contribution in [0.15, 0.2) is 46.1 Å². The predicted molar refractivity (Wildman–Crippen MR) is 96.8 cm³/mol. The van der Waals surface area contributed by atoms with E-state index in [0.29, 0.717) is 12.4 Å². The fourth-order valence-electron chi connectivity index (χ4n) is 2.21. The Hall–Kier alpha value is -2.27. The molecule has 0 amide bonds. The Kier molecular flexibility index (Phi) is 6.13. The molecule has 0 aliphatic rings. The molecule has 1 atom stereocenters. The van der Waals surface area contributed by atoms with Gasteiger partial charge in [0, 0.05) is 25.4 Å². The van der Waals surface area contributed by atoms with Crippen LogP contribution in [0.25, 0.3) is 11.4 Å². The van der Waals surface area contributed by atoms with Crippen LogP contribution >= 0.6 is 12.4 Å². The van der Waals surface area contributed by atoms with Gasteiger partial charge in [-0.05, 0) is 12.5 Å². The van der Waals surface area contributed by atoms with Gasteiger partial charge in [0.1, 0.15) is 4.90 Å². The van der Waals surface area contributed by atoms with E-state index >= 15 is 0 Å². The Morgan fingerprint density at radius 2 is 2.00 bits per heavy atom. The minimum absolute atomic E-state index is 0. The normalized spacial score (nSPS) is 12.6. The SMILES string of the molecule is CC(NS(=O)(=O)c1cnn(C)c1)c1nc(-c2ccc(CN)cc2)no1.Cl.